The molecule has 1 heterocycles. The predicted octanol–water partition coefficient (Wildman–Crippen LogP) is 9.29. The summed E-state index contributed by atoms with van der Waals surface area (Å²) in [6.45, 7) is 8.35. The molecule has 0 aromatic heterocycles. The highest BCUT2D eigenvalue weighted by molar-refractivity contribution is 6.62. The molecule has 0 radical (unpaired) electrons. The quantitative estimate of drug-likeness (QED) is 0.211. The van der Waals surface area contributed by atoms with Gasteiger partial charge in [0, 0.05) is 0 Å². The second-order valence-corrected chi connectivity index (χ2v) is 12.1. The topological polar surface area (TPSA) is 18.5 Å². The van der Waals surface area contributed by atoms with E-state index in [4.69, 9.17) is 9.31 Å². The van der Waals surface area contributed by atoms with Crippen LogP contribution in [0.15, 0.2) is 127 Å². The number of fused-ring (bicyclic) bond motifs is 2. The molecule has 41 heavy (non-hydrogen) atoms. The summed E-state index contributed by atoms with van der Waals surface area (Å²) < 4.78 is 12.5. The van der Waals surface area contributed by atoms with Gasteiger partial charge in [-0.15, -0.1) is 0 Å². The first-order chi connectivity index (χ1) is 19.8. The molecule has 0 aliphatic carbocycles. The van der Waals surface area contributed by atoms with E-state index in [9.17, 15) is 0 Å². The lowest BCUT2D eigenvalue weighted by Crippen LogP contribution is -2.41. The number of rotatable bonds is 4. The molecule has 2 nitrogen and oxygen atoms in total. The van der Waals surface area contributed by atoms with Crippen LogP contribution in [-0.4, -0.2) is 18.3 Å². The number of hydrogen-bond acceptors (Lipinski definition) is 2. The van der Waals surface area contributed by atoms with Gasteiger partial charge in [0.25, 0.3) is 0 Å². The van der Waals surface area contributed by atoms with Crippen molar-refractivity contribution in [2.75, 3.05) is 0 Å². The smallest absolute Gasteiger partial charge is 0.399 e. The number of hydrogen-bond donors (Lipinski definition) is 0. The van der Waals surface area contributed by atoms with Crippen LogP contribution in [-0.2, 0) is 9.31 Å². The van der Waals surface area contributed by atoms with Crippen LogP contribution in [0, 0.1) is 0 Å². The molecule has 1 fully saturated rings. The van der Waals surface area contributed by atoms with Gasteiger partial charge in [-0.1, -0.05) is 109 Å². The lowest BCUT2D eigenvalue weighted by atomic mass is 9.78. The largest absolute Gasteiger partial charge is 0.494 e. The molecule has 0 atom stereocenters. The molecule has 7 rings (SSSR count). The Morgan fingerprint density at radius 2 is 0.976 bits per heavy atom. The Morgan fingerprint density at radius 1 is 0.439 bits per heavy atom. The molecule has 3 heteroatoms. The minimum Gasteiger partial charge on any atom is -0.399 e. The van der Waals surface area contributed by atoms with Crippen LogP contribution in [0.3, 0.4) is 0 Å². The Morgan fingerprint density at radius 3 is 1.68 bits per heavy atom. The average molecular weight is 532 g/mol. The van der Waals surface area contributed by atoms with Gasteiger partial charge in [-0.2, -0.15) is 0 Å². The SMILES string of the molecule is CC1(C)OB(c2ccc(-c3ccc4cc(-c5cccc(-c6cccc7ccccc67)c5)ccc4c3)cc2)OC1(C)C. The van der Waals surface area contributed by atoms with Gasteiger partial charge in [-0.25, -0.2) is 0 Å². The van der Waals surface area contributed by atoms with E-state index in [1.807, 2.05) is 0 Å². The van der Waals surface area contributed by atoms with Gasteiger partial charge < -0.3 is 9.31 Å². The maximum absolute atomic E-state index is 6.23. The maximum atomic E-state index is 6.23. The van der Waals surface area contributed by atoms with E-state index in [0.717, 1.165) is 5.46 Å². The van der Waals surface area contributed by atoms with Gasteiger partial charge >= 0.3 is 7.12 Å². The second-order valence-electron chi connectivity index (χ2n) is 12.1. The van der Waals surface area contributed by atoms with Crippen molar-refractivity contribution in [1.29, 1.82) is 0 Å². The highest BCUT2D eigenvalue weighted by Gasteiger charge is 2.51. The molecule has 0 amide bonds. The molecule has 0 unspecified atom stereocenters. The van der Waals surface area contributed by atoms with Gasteiger partial charge in [0.15, 0.2) is 0 Å². The van der Waals surface area contributed by atoms with Crippen LogP contribution in [0.5, 0.6) is 0 Å². The zero-order valence-corrected chi connectivity index (χ0v) is 24.0. The minimum absolute atomic E-state index is 0.342. The molecule has 1 saturated heterocycles. The Balaban J connectivity index is 1.16. The standard InChI is InChI=1S/C38H33BO2/c1-37(2)38(3,4)41-39(40-37)34-21-19-26(20-22-34)29-15-16-32-24-30(17-18-31(32)23-29)28-11-7-12-33(25-28)36-14-8-10-27-9-5-6-13-35(27)36/h5-25H,1-4H3. The van der Waals surface area contributed by atoms with E-state index in [1.165, 1.54) is 54.9 Å². The summed E-state index contributed by atoms with van der Waals surface area (Å²) in [7, 11) is -0.344. The van der Waals surface area contributed by atoms with Crippen molar-refractivity contribution < 1.29 is 9.31 Å². The molecule has 1 aliphatic heterocycles. The van der Waals surface area contributed by atoms with E-state index in [0.29, 0.717) is 0 Å². The van der Waals surface area contributed by atoms with Gasteiger partial charge in [0.2, 0.25) is 0 Å². The molecule has 0 spiro atoms. The number of benzene rings is 6. The van der Waals surface area contributed by atoms with Crippen LogP contribution in [0.2, 0.25) is 0 Å². The van der Waals surface area contributed by atoms with E-state index in [2.05, 4.69) is 155 Å². The van der Waals surface area contributed by atoms with Crippen LogP contribution >= 0.6 is 0 Å². The first-order valence-electron chi connectivity index (χ1n) is 14.4. The monoisotopic (exact) mass is 532 g/mol. The summed E-state index contributed by atoms with van der Waals surface area (Å²) in [4.78, 5) is 0. The van der Waals surface area contributed by atoms with Crippen molar-refractivity contribution in [3.63, 3.8) is 0 Å². The molecule has 0 bridgehead atoms. The Bertz CT molecular complexity index is 1880. The lowest BCUT2D eigenvalue weighted by Gasteiger charge is -2.32. The zero-order chi connectivity index (χ0) is 28.2. The maximum Gasteiger partial charge on any atom is 0.494 e. The van der Waals surface area contributed by atoms with E-state index >= 15 is 0 Å². The normalized spacial score (nSPS) is 16.0. The molecule has 200 valence electrons. The fourth-order valence-corrected chi connectivity index (χ4v) is 5.76. The lowest BCUT2D eigenvalue weighted by molar-refractivity contribution is 0.00578. The Hall–Kier alpha value is -4.18. The van der Waals surface area contributed by atoms with Crippen molar-refractivity contribution in [3.05, 3.63) is 127 Å². The van der Waals surface area contributed by atoms with E-state index in [1.54, 1.807) is 0 Å². The van der Waals surface area contributed by atoms with Crippen LogP contribution in [0.1, 0.15) is 27.7 Å². The highest BCUT2D eigenvalue weighted by Crippen LogP contribution is 2.37. The molecular formula is C38H33BO2. The Labute approximate surface area is 242 Å². The summed E-state index contributed by atoms with van der Waals surface area (Å²) in [5.74, 6) is 0. The average Bonchev–Trinajstić information content (AvgIpc) is 3.22. The minimum atomic E-state index is -0.344. The Kier molecular flexibility index (Phi) is 6.12. The molecular weight excluding hydrogens is 499 g/mol. The summed E-state index contributed by atoms with van der Waals surface area (Å²) in [5.41, 5.74) is 7.68. The van der Waals surface area contributed by atoms with Crippen molar-refractivity contribution >= 4 is 34.1 Å². The zero-order valence-electron chi connectivity index (χ0n) is 24.0. The van der Waals surface area contributed by atoms with Gasteiger partial charge in [0.05, 0.1) is 11.2 Å². The van der Waals surface area contributed by atoms with Crippen molar-refractivity contribution in [3.8, 4) is 33.4 Å². The summed E-state index contributed by atoms with van der Waals surface area (Å²) in [5, 5.41) is 5.00. The third-order valence-electron chi connectivity index (χ3n) is 8.91. The van der Waals surface area contributed by atoms with E-state index in [-0.39, 0.29) is 18.3 Å². The van der Waals surface area contributed by atoms with Crippen molar-refractivity contribution in [2.24, 2.45) is 0 Å². The van der Waals surface area contributed by atoms with Crippen LogP contribution in [0.4, 0.5) is 0 Å². The second kappa shape index (κ2) is 9.73. The predicted molar refractivity (Wildman–Crippen MR) is 173 cm³/mol. The van der Waals surface area contributed by atoms with Crippen LogP contribution < -0.4 is 5.46 Å². The fraction of sp³-hybridized carbons (Fsp3) is 0.158. The van der Waals surface area contributed by atoms with Crippen molar-refractivity contribution in [2.45, 2.75) is 38.9 Å². The third-order valence-corrected chi connectivity index (χ3v) is 8.91. The summed E-state index contributed by atoms with van der Waals surface area (Å²) >= 11 is 0. The summed E-state index contributed by atoms with van der Waals surface area (Å²) in [6.07, 6.45) is 0. The molecule has 1 aliphatic rings. The van der Waals surface area contributed by atoms with Gasteiger partial charge in [0.1, 0.15) is 0 Å². The summed E-state index contributed by atoms with van der Waals surface area (Å²) in [6, 6.07) is 46.0. The van der Waals surface area contributed by atoms with Gasteiger partial charge in [-0.3, -0.25) is 0 Å². The molecule has 6 aromatic carbocycles. The molecule has 0 N–H and O–H groups in total. The third kappa shape index (κ3) is 4.66. The first kappa shape index (κ1) is 25.8. The van der Waals surface area contributed by atoms with Crippen molar-refractivity contribution in [1.82, 2.24) is 0 Å². The van der Waals surface area contributed by atoms with E-state index < -0.39 is 0 Å². The van der Waals surface area contributed by atoms with Gasteiger partial charge in [-0.05, 0) is 106 Å². The fourth-order valence-electron chi connectivity index (χ4n) is 5.76. The highest BCUT2D eigenvalue weighted by atomic mass is 16.7. The first-order valence-corrected chi connectivity index (χ1v) is 14.4. The van der Waals surface area contributed by atoms with Crippen LogP contribution in [0.25, 0.3) is 54.9 Å². The molecule has 0 saturated carbocycles. The molecule has 6 aromatic rings.